The summed E-state index contributed by atoms with van der Waals surface area (Å²) < 4.78 is 18.2. The van der Waals surface area contributed by atoms with Gasteiger partial charge in [-0.05, 0) is 37.0 Å². The zero-order valence-corrected chi connectivity index (χ0v) is 12.3. The summed E-state index contributed by atoms with van der Waals surface area (Å²) in [6, 6.07) is 6.27. The number of hydrogen-bond donors (Lipinski definition) is 2. The van der Waals surface area contributed by atoms with E-state index in [-0.39, 0.29) is 18.3 Å². The van der Waals surface area contributed by atoms with Crippen LogP contribution in [0.5, 0.6) is 0 Å². The van der Waals surface area contributed by atoms with Crippen molar-refractivity contribution in [2.24, 2.45) is 0 Å². The first-order valence-electron chi connectivity index (χ1n) is 7.30. The Labute approximate surface area is 124 Å². The summed E-state index contributed by atoms with van der Waals surface area (Å²) in [5.74, 6) is -0.397. The topological polar surface area (TPSA) is 58.6 Å². The molecular weight excluding hydrogens is 273 g/mol. The molecule has 1 unspecified atom stereocenters. The maximum absolute atomic E-state index is 13.4. The largest absolute Gasteiger partial charge is 0.391 e. The van der Waals surface area contributed by atoms with Crippen molar-refractivity contribution >= 4 is 5.91 Å². The van der Waals surface area contributed by atoms with Crippen molar-refractivity contribution in [3.05, 3.63) is 35.6 Å². The molecule has 4 nitrogen and oxygen atoms in total. The number of amides is 1. The van der Waals surface area contributed by atoms with Crippen molar-refractivity contribution in [1.29, 1.82) is 0 Å². The number of rotatable bonds is 7. The summed E-state index contributed by atoms with van der Waals surface area (Å²) in [6.45, 7) is 0.644. The predicted molar refractivity (Wildman–Crippen MR) is 77.4 cm³/mol. The highest BCUT2D eigenvalue weighted by molar-refractivity contribution is 5.89. The molecule has 0 spiro atoms. The molecule has 0 bridgehead atoms. The molecule has 1 amide bonds. The summed E-state index contributed by atoms with van der Waals surface area (Å²) in [7, 11) is 1.52. The highest BCUT2D eigenvalue weighted by atomic mass is 19.1. The molecule has 116 valence electrons. The molecule has 0 saturated heterocycles. The number of halogens is 1. The molecule has 1 aliphatic carbocycles. The lowest BCUT2D eigenvalue weighted by molar-refractivity contribution is -0.130. The van der Waals surface area contributed by atoms with Gasteiger partial charge in [-0.15, -0.1) is 0 Å². The molecule has 1 atom stereocenters. The van der Waals surface area contributed by atoms with E-state index in [1.807, 2.05) is 6.07 Å². The fraction of sp³-hybridized carbons (Fsp3) is 0.562. The molecule has 21 heavy (non-hydrogen) atoms. The predicted octanol–water partition coefficient (Wildman–Crippen LogP) is 1.76. The van der Waals surface area contributed by atoms with Crippen LogP contribution in [0.15, 0.2) is 24.3 Å². The van der Waals surface area contributed by atoms with Crippen LogP contribution < -0.4 is 5.32 Å². The Morgan fingerprint density at radius 1 is 1.52 bits per heavy atom. The van der Waals surface area contributed by atoms with Gasteiger partial charge in [0.2, 0.25) is 5.91 Å². The number of carbonyl (C=O) groups excluding carboxylic acids is 1. The lowest BCUT2D eigenvalue weighted by Gasteiger charge is -2.40. The fourth-order valence-electron chi connectivity index (χ4n) is 2.76. The Morgan fingerprint density at radius 3 is 2.86 bits per heavy atom. The number of ether oxygens (including phenoxy) is 1. The van der Waals surface area contributed by atoms with Crippen LogP contribution in [-0.4, -0.2) is 37.4 Å². The Kier molecular flexibility index (Phi) is 5.31. The second-order valence-electron chi connectivity index (χ2n) is 5.60. The second-order valence-corrected chi connectivity index (χ2v) is 5.60. The molecule has 0 radical (unpaired) electrons. The summed E-state index contributed by atoms with van der Waals surface area (Å²) in [5.41, 5.74) is 0.137. The molecule has 0 aromatic heterocycles. The van der Waals surface area contributed by atoms with Gasteiger partial charge in [0.25, 0.3) is 0 Å². The quantitative estimate of drug-likeness (QED) is 0.806. The van der Waals surface area contributed by atoms with E-state index in [1.54, 1.807) is 6.07 Å². The minimum absolute atomic E-state index is 0.0797. The summed E-state index contributed by atoms with van der Waals surface area (Å²) in [5, 5.41) is 12.4. The smallest absolute Gasteiger partial charge is 0.230 e. The van der Waals surface area contributed by atoms with Crippen LogP contribution in [0.1, 0.15) is 31.2 Å². The van der Waals surface area contributed by atoms with E-state index < -0.39 is 11.5 Å². The van der Waals surface area contributed by atoms with Gasteiger partial charge in [-0.2, -0.15) is 0 Å². The zero-order chi connectivity index (χ0) is 15.3. The van der Waals surface area contributed by atoms with Crippen LogP contribution in [-0.2, 0) is 14.9 Å². The first-order valence-corrected chi connectivity index (χ1v) is 7.30. The molecule has 2 rings (SSSR count). The number of benzene rings is 1. The highest BCUT2D eigenvalue weighted by Gasteiger charge is 2.45. The Balaban J connectivity index is 1.96. The Bertz CT molecular complexity index is 488. The lowest BCUT2D eigenvalue weighted by Crippen LogP contribution is -2.49. The molecule has 1 aromatic rings. The van der Waals surface area contributed by atoms with Crippen molar-refractivity contribution in [3.8, 4) is 0 Å². The van der Waals surface area contributed by atoms with Crippen LogP contribution in [0.3, 0.4) is 0 Å². The summed E-state index contributed by atoms with van der Waals surface area (Å²) >= 11 is 0. The SMILES string of the molecule is COCC(O)CCNC(=O)C1(c2cccc(F)c2)CCC1. The Morgan fingerprint density at radius 2 is 2.29 bits per heavy atom. The van der Waals surface area contributed by atoms with E-state index in [0.717, 1.165) is 24.8 Å². The highest BCUT2D eigenvalue weighted by Crippen LogP contribution is 2.44. The number of nitrogens with one attached hydrogen (secondary N) is 1. The minimum Gasteiger partial charge on any atom is -0.391 e. The number of carbonyl (C=O) groups is 1. The van der Waals surface area contributed by atoms with Gasteiger partial charge >= 0.3 is 0 Å². The third-order valence-electron chi connectivity index (χ3n) is 4.14. The van der Waals surface area contributed by atoms with E-state index in [2.05, 4.69) is 5.32 Å². The number of methoxy groups -OCH3 is 1. The molecular formula is C16H22FNO3. The zero-order valence-electron chi connectivity index (χ0n) is 12.3. The van der Waals surface area contributed by atoms with E-state index in [4.69, 9.17) is 4.74 Å². The molecule has 1 aromatic carbocycles. The molecule has 1 fully saturated rings. The first-order chi connectivity index (χ1) is 10.1. The standard InChI is InChI=1S/C16H22FNO3/c1-21-11-14(19)6-9-18-15(20)16(7-3-8-16)12-4-2-5-13(17)10-12/h2,4-5,10,14,19H,3,6-9,11H2,1H3,(H,18,20). The lowest BCUT2D eigenvalue weighted by atomic mass is 9.64. The van der Waals surface area contributed by atoms with Crippen molar-refractivity contribution in [2.45, 2.75) is 37.2 Å². The average Bonchev–Trinajstić information content (AvgIpc) is 2.38. The van der Waals surface area contributed by atoms with Gasteiger partial charge in [0.1, 0.15) is 5.82 Å². The molecule has 0 aliphatic heterocycles. The van der Waals surface area contributed by atoms with Crippen molar-refractivity contribution in [2.75, 3.05) is 20.3 Å². The molecule has 5 heteroatoms. The first kappa shape index (κ1) is 15.9. The van der Waals surface area contributed by atoms with Crippen LogP contribution in [0, 0.1) is 5.82 Å². The number of hydrogen-bond acceptors (Lipinski definition) is 3. The number of aliphatic hydroxyl groups is 1. The molecule has 1 aliphatic rings. The van der Waals surface area contributed by atoms with Gasteiger partial charge in [-0.3, -0.25) is 4.79 Å². The van der Waals surface area contributed by atoms with Crippen molar-refractivity contribution in [3.63, 3.8) is 0 Å². The summed E-state index contributed by atoms with van der Waals surface area (Å²) in [4.78, 5) is 12.5. The third kappa shape index (κ3) is 3.60. The van der Waals surface area contributed by atoms with E-state index in [1.165, 1.54) is 19.2 Å². The third-order valence-corrected chi connectivity index (χ3v) is 4.14. The van der Waals surface area contributed by atoms with Gasteiger partial charge in [0.05, 0.1) is 18.1 Å². The molecule has 0 heterocycles. The van der Waals surface area contributed by atoms with Gasteiger partial charge in [-0.25, -0.2) is 4.39 Å². The van der Waals surface area contributed by atoms with E-state index >= 15 is 0 Å². The van der Waals surface area contributed by atoms with Gasteiger partial charge < -0.3 is 15.2 Å². The fourth-order valence-corrected chi connectivity index (χ4v) is 2.76. The normalized spacial score (nSPS) is 17.9. The van der Waals surface area contributed by atoms with Crippen molar-refractivity contribution in [1.82, 2.24) is 5.32 Å². The van der Waals surface area contributed by atoms with Crippen molar-refractivity contribution < 1.29 is 19.0 Å². The summed E-state index contributed by atoms with van der Waals surface area (Å²) in [6.07, 6.45) is 2.31. The van der Waals surface area contributed by atoms with E-state index in [9.17, 15) is 14.3 Å². The van der Waals surface area contributed by atoms with Crippen LogP contribution >= 0.6 is 0 Å². The average molecular weight is 295 g/mol. The monoisotopic (exact) mass is 295 g/mol. The molecule has 1 saturated carbocycles. The molecule has 2 N–H and O–H groups in total. The minimum atomic E-state index is -0.603. The maximum atomic E-state index is 13.4. The van der Waals surface area contributed by atoms with Gasteiger partial charge in [0, 0.05) is 13.7 Å². The second kappa shape index (κ2) is 7.00. The van der Waals surface area contributed by atoms with Crippen LogP contribution in [0.25, 0.3) is 0 Å². The van der Waals surface area contributed by atoms with Crippen LogP contribution in [0.2, 0.25) is 0 Å². The van der Waals surface area contributed by atoms with Gasteiger partial charge in [-0.1, -0.05) is 18.6 Å². The maximum Gasteiger partial charge on any atom is 0.230 e. The van der Waals surface area contributed by atoms with E-state index in [0.29, 0.717) is 13.0 Å². The van der Waals surface area contributed by atoms with Gasteiger partial charge in [0.15, 0.2) is 0 Å². The Hall–Kier alpha value is -1.46. The van der Waals surface area contributed by atoms with Crippen LogP contribution in [0.4, 0.5) is 4.39 Å². The number of aliphatic hydroxyl groups excluding tert-OH is 1.